The fraction of sp³-hybridized carbons (Fsp3) is 0.625. The number of hydrogen-bond acceptors (Lipinski definition) is 4. The van der Waals surface area contributed by atoms with Crippen LogP contribution in [0.3, 0.4) is 0 Å². The van der Waals surface area contributed by atoms with Gasteiger partial charge in [-0.25, -0.2) is 0 Å². The Bertz CT molecular complexity index is 827. The predicted octanol–water partition coefficient (Wildman–Crippen LogP) is 3.42. The van der Waals surface area contributed by atoms with Gasteiger partial charge >= 0.3 is 0 Å². The maximum Gasteiger partial charge on any atom is 0.263 e. The minimum Gasteiger partial charge on any atom is -0.376 e. The molecule has 2 aliphatic rings. The molecule has 3 heterocycles. The molecule has 2 aromatic heterocycles. The fourth-order valence-electron chi connectivity index (χ4n) is 3.61. The largest absolute Gasteiger partial charge is 0.376 e. The van der Waals surface area contributed by atoms with E-state index in [1.54, 1.807) is 15.9 Å². The summed E-state index contributed by atoms with van der Waals surface area (Å²) >= 11 is 7.14. The van der Waals surface area contributed by atoms with Crippen molar-refractivity contribution in [1.82, 2.24) is 9.55 Å². The van der Waals surface area contributed by atoms with E-state index in [9.17, 15) is 4.79 Å². The molecule has 0 radical (unpaired) electrons. The average molecular weight is 336 g/mol. The molecule has 0 unspecified atom stereocenters. The third-order valence-electron chi connectivity index (χ3n) is 4.85. The number of aromatic amines is 1. The van der Waals surface area contributed by atoms with Crippen LogP contribution < -0.4 is 5.56 Å². The number of ether oxygens (including phenoxy) is 1. The molecule has 1 N–H and O–H groups in total. The van der Waals surface area contributed by atoms with E-state index >= 15 is 0 Å². The lowest BCUT2D eigenvalue weighted by Gasteiger charge is -2.17. The molecular weight excluding hydrogens is 316 g/mol. The zero-order chi connectivity index (χ0) is 15.3. The van der Waals surface area contributed by atoms with Gasteiger partial charge < -0.3 is 9.72 Å². The quantitative estimate of drug-likeness (QED) is 0.855. The van der Waals surface area contributed by atoms with Crippen LogP contribution in [0.5, 0.6) is 0 Å². The summed E-state index contributed by atoms with van der Waals surface area (Å²) in [7, 11) is 0. The maximum atomic E-state index is 13.0. The molecule has 118 valence electrons. The Morgan fingerprint density at radius 3 is 3.09 bits per heavy atom. The highest BCUT2D eigenvalue weighted by molar-refractivity contribution is 7.71. The van der Waals surface area contributed by atoms with Crippen molar-refractivity contribution in [3.63, 3.8) is 0 Å². The first-order chi connectivity index (χ1) is 10.6. The van der Waals surface area contributed by atoms with E-state index in [-0.39, 0.29) is 11.7 Å². The number of H-pyrrole nitrogens is 1. The second-order valence-corrected chi connectivity index (χ2v) is 8.03. The van der Waals surface area contributed by atoms with E-state index in [1.807, 2.05) is 0 Å². The topological polar surface area (TPSA) is 47.0 Å². The lowest BCUT2D eigenvalue weighted by atomic mass is 9.89. The molecule has 2 aromatic rings. The highest BCUT2D eigenvalue weighted by Crippen LogP contribution is 2.35. The van der Waals surface area contributed by atoms with Crippen molar-refractivity contribution in [2.24, 2.45) is 5.92 Å². The molecule has 6 heteroatoms. The maximum absolute atomic E-state index is 13.0. The van der Waals surface area contributed by atoms with Crippen molar-refractivity contribution in [2.75, 3.05) is 6.61 Å². The standard InChI is InChI=1S/C16H20N2O2S2/c1-9-4-5-11-12(7-9)22-14-13(11)15(19)18(16(21)17-14)8-10-3-2-6-20-10/h9-10H,2-8H2,1H3,(H,17,21)/t9-,10+/m1/s1. The Morgan fingerprint density at radius 2 is 2.32 bits per heavy atom. The number of rotatable bonds is 2. The third-order valence-corrected chi connectivity index (χ3v) is 6.34. The van der Waals surface area contributed by atoms with E-state index < -0.39 is 0 Å². The Hall–Kier alpha value is -0.980. The van der Waals surface area contributed by atoms with Gasteiger partial charge in [-0.05, 0) is 55.8 Å². The minimum atomic E-state index is 0.0707. The van der Waals surface area contributed by atoms with E-state index in [1.165, 1.54) is 16.9 Å². The van der Waals surface area contributed by atoms with Crippen LogP contribution in [0.2, 0.25) is 0 Å². The van der Waals surface area contributed by atoms with E-state index in [0.29, 0.717) is 17.2 Å². The zero-order valence-electron chi connectivity index (χ0n) is 12.7. The molecule has 0 bridgehead atoms. The van der Waals surface area contributed by atoms with Crippen molar-refractivity contribution in [1.29, 1.82) is 0 Å². The number of fused-ring (bicyclic) bond motifs is 3. The van der Waals surface area contributed by atoms with Gasteiger partial charge in [-0.2, -0.15) is 0 Å². The molecule has 1 saturated heterocycles. The van der Waals surface area contributed by atoms with Crippen LogP contribution in [0, 0.1) is 10.7 Å². The van der Waals surface area contributed by atoms with Crippen LogP contribution in [0.15, 0.2) is 4.79 Å². The van der Waals surface area contributed by atoms with Crippen LogP contribution in [-0.4, -0.2) is 22.3 Å². The van der Waals surface area contributed by atoms with Gasteiger partial charge in [-0.1, -0.05) is 6.92 Å². The summed E-state index contributed by atoms with van der Waals surface area (Å²) in [5.74, 6) is 0.706. The third kappa shape index (κ3) is 2.37. The Balaban J connectivity index is 1.85. The smallest absolute Gasteiger partial charge is 0.263 e. The van der Waals surface area contributed by atoms with Crippen LogP contribution in [0.25, 0.3) is 10.2 Å². The molecule has 1 aliphatic carbocycles. The molecule has 0 aromatic carbocycles. The summed E-state index contributed by atoms with van der Waals surface area (Å²) in [6.45, 7) is 3.65. The van der Waals surface area contributed by atoms with Gasteiger partial charge in [0.1, 0.15) is 4.83 Å². The van der Waals surface area contributed by atoms with E-state index in [4.69, 9.17) is 17.0 Å². The molecule has 1 fully saturated rings. The predicted molar refractivity (Wildman–Crippen MR) is 91.4 cm³/mol. The first-order valence-electron chi connectivity index (χ1n) is 8.02. The summed E-state index contributed by atoms with van der Waals surface area (Å²) in [4.78, 5) is 18.6. The van der Waals surface area contributed by atoms with Crippen LogP contribution in [-0.2, 0) is 24.1 Å². The molecule has 1 aliphatic heterocycles. The highest BCUT2D eigenvalue weighted by atomic mass is 32.1. The van der Waals surface area contributed by atoms with E-state index in [2.05, 4.69) is 11.9 Å². The Morgan fingerprint density at radius 1 is 1.45 bits per heavy atom. The van der Waals surface area contributed by atoms with Crippen molar-refractivity contribution < 1.29 is 4.74 Å². The average Bonchev–Trinajstić information content (AvgIpc) is 3.09. The SMILES string of the molecule is C[C@@H]1CCc2c(sc3[nH]c(=S)n(C[C@@H]4CCCO4)c(=O)c23)C1. The highest BCUT2D eigenvalue weighted by Gasteiger charge is 2.24. The van der Waals surface area contributed by atoms with Crippen LogP contribution in [0.4, 0.5) is 0 Å². The van der Waals surface area contributed by atoms with Crippen molar-refractivity contribution in [3.8, 4) is 0 Å². The second-order valence-electron chi connectivity index (χ2n) is 6.54. The molecule has 4 rings (SSSR count). The van der Waals surface area contributed by atoms with Crippen LogP contribution >= 0.6 is 23.6 Å². The normalized spacial score (nSPS) is 24.8. The van der Waals surface area contributed by atoms with Crippen molar-refractivity contribution in [3.05, 3.63) is 25.6 Å². The van der Waals surface area contributed by atoms with Crippen LogP contribution in [0.1, 0.15) is 36.6 Å². The van der Waals surface area contributed by atoms with Gasteiger partial charge in [0.25, 0.3) is 5.56 Å². The number of aromatic nitrogens is 2. The molecule has 0 spiro atoms. The van der Waals surface area contributed by atoms with Gasteiger partial charge in [-0.3, -0.25) is 9.36 Å². The first kappa shape index (κ1) is 14.6. The molecular formula is C16H20N2O2S2. The molecule has 2 atom stereocenters. The lowest BCUT2D eigenvalue weighted by Crippen LogP contribution is -2.28. The van der Waals surface area contributed by atoms with Gasteiger partial charge in [0.15, 0.2) is 4.77 Å². The number of aryl methyl sites for hydroxylation is 1. The second kappa shape index (κ2) is 5.58. The summed E-state index contributed by atoms with van der Waals surface area (Å²) in [5, 5.41) is 0.874. The monoisotopic (exact) mass is 336 g/mol. The molecule has 4 nitrogen and oxygen atoms in total. The summed E-state index contributed by atoms with van der Waals surface area (Å²) in [5.41, 5.74) is 1.33. The number of thiophene rings is 1. The Kier molecular flexibility index (Phi) is 3.71. The van der Waals surface area contributed by atoms with E-state index in [0.717, 1.165) is 42.5 Å². The van der Waals surface area contributed by atoms with Gasteiger partial charge in [-0.15, -0.1) is 11.3 Å². The number of nitrogens with one attached hydrogen (secondary N) is 1. The first-order valence-corrected chi connectivity index (χ1v) is 9.25. The minimum absolute atomic E-state index is 0.0707. The summed E-state index contributed by atoms with van der Waals surface area (Å²) in [6, 6.07) is 0. The summed E-state index contributed by atoms with van der Waals surface area (Å²) in [6.07, 6.45) is 5.47. The lowest BCUT2D eigenvalue weighted by molar-refractivity contribution is 0.0957. The number of nitrogens with zero attached hydrogens (tertiary/aromatic N) is 1. The Labute approximate surface area is 138 Å². The van der Waals surface area contributed by atoms with Gasteiger partial charge in [0, 0.05) is 11.5 Å². The number of hydrogen-bond donors (Lipinski definition) is 1. The van der Waals surface area contributed by atoms with Gasteiger partial charge in [0.05, 0.1) is 18.0 Å². The van der Waals surface area contributed by atoms with Crippen molar-refractivity contribution in [2.45, 2.75) is 51.7 Å². The van der Waals surface area contributed by atoms with Crippen molar-refractivity contribution >= 4 is 33.8 Å². The summed E-state index contributed by atoms with van der Waals surface area (Å²) < 4.78 is 7.90. The molecule has 0 amide bonds. The van der Waals surface area contributed by atoms with Gasteiger partial charge in [0.2, 0.25) is 0 Å². The zero-order valence-corrected chi connectivity index (χ0v) is 14.3. The molecule has 0 saturated carbocycles. The fourth-order valence-corrected chi connectivity index (χ4v) is 5.34. The molecule has 22 heavy (non-hydrogen) atoms.